The van der Waals surface area contributed by atoms with Gasteiger partial charge in [0.1, 0.15) is 11.5 Å². The zero-order valence-corrected chi connectivity index (χ0v) is 29.1. The smallest absolute Gasteiger partial charge is 0.314 e. The molecule has 0 atom stereocenters. The van der Waals surface area contributed by atoms with Gasteiger partial charge in [0.15, 0.2) is 0 Å². The highest BCUT2D eigenvalue weighted by Crippen LogP contribution is 2.59. The van der Waals surface area contributed by atoms with Gasteiger partial charge < -0.3 is 9.47 Å². The molecule has 1 heterocycles. The number of nitrogens with zero attached hydrogens (tertiary/aromatic N) is 2. The number of esters is 2. The van der Waals surface area contributed by atoms with Gasteiger partial charge in [-0.25, -0.2) is 10.1 Å². The van der Waals surface area contributed by atoms with Crippen molar-refractivity contribution in [3.63, 3.8) is 0 Å². The van der Waals surface area contributed by atoms with Crippen LogP contribution in [0.5, 0.6) is 11.5 Å². The molecule has 1 aliphatic heterocycles. The standard InChI is InChI=1S/C40H40N2O4S2/c1-4-25-6-10-27(11-7-25)29-14-18-31(19-15-29)38(43)45-34-22-23-35(37-36(34)47-40(48-37)33(24-41)42-3)46-39(44)32-20-16-30(17-21-32)28-12-8-26(5-2)9-13-28/h6-13,22-23,29-32H,4-5,14-21H2,1-2H3. The lowest BCUT2D eigenvalue weighted by molar-refractivity contribution is -0.141. The van der Waals surface area contributed by atoms with Gasteiger partial charge >= 0.3 is 11.9 Å². The largest absolute Gasteiger partial charge is 0.425 e. The van der Waals surface area contributed by atoms with Gasteiger partial charge in [-0.3, -0.25) is 9.59 Å². The van der Waals surface area contributed by atoms with Gasteiger partial charge in [0.2, 0.25) is 0 Å². The number of carbonyl (C=O) groups excluding carboxylic acids is 2. The predicted molar refractivity (Wildman–Crippen MR) is 190 cm³/mol. The zero-order valence-electron chi connectivity index (χ0n) is 27.5. The minimum atomic E-state index is -0.267. The Morgan fingerprint density at radius 1 is 0.708 bits per heavy atom. The monoisotopic (exact) mass is 676 g/mol. The van der Waals surface area contributed by atoms with Crippen molar-refractivity contribution in [1.29, 1.82) is 5.26 Å². The van der Waals surface area contributed by atoms with Gasteiger partial charge in [-0.2, -0.15) is 0 Å². The van der Waals surface area contributed by atoms with Crippen molar-refractivity contribution >= 4 is 35.5 Å². The fourth-order valence-electron chi connectivity index (χ4n) is 7.06. The summed E-state index contributed by atoms with van der Waals surface area (Å²) in [6, 6.07) is 23.0. The Kier molecular flexibility index (Phi) is 10.9. The molecule has 0 spiro atoms. The van der Waals surface area contributed by atoms with E-state index in [9.17, 15) is 14.9 Å². The molecule has 3 aromatic carbocycles. The lowest BCUT2D eigenvalue weighted by Gasteiger charge is -2.28. The minimum absolute atomic E-state index is 0.0358. The summed E-state index contributed by atoms with van der Waals surface area (Å²) in [4.78, 5) is 31.4. The first-order chi connectivity index (χ1) is 23.4. The van der Waals surface area contributed by atoms with Crippen LogP contribution in [0.25, 0.3) is 4.85 Å². The quantitative estimate of drug-likeness (QED) is 0.102. The molecule has 0 N–H and O–H groups in total. The molecule has 48 heavy (non-hydrogen) atoms. The van der Waals surface area contributed by atoms with Crippen molar-refractivity contribution in [2.45, 2.75) is 99.7 Å². The molecule has 3 aromatic rings. The number of carbonyl (C=O) groups is 2. The van der Waals surface area contributed by atoms with Gasteiger partial charge in [0, 0.05) is 0 Å². The Bertz CT molecular complexity index is 1640. The van der Waals surface area contributed by atoms with Crippen LogP contribution >= 0.6 is 23.5 Å². The maximum Gasteiger partial charge on any atom is 0.314 e. The Balaban J connectivity index is 1.12. The van der Waals surface area contributed by atoms with Crippen molar-refractivity contribution in [2.24, 2.45) is 11.8 Å². The number of thioether (sulfide) groups is 2. The molecular weight excluding hydrogens is 637 g/mol. The molecule has 2 aliphatic carbocycles. The van der Waals surface area contributed by atoms with Gasteiger partial charge in [0.25, 0.3) is 5.70 Å². The first-order valence-electron chi connectivity index (χ1n) is 17.1. The molecule has 0 amide bonds. The second kappa shape index (κ2) is 15.5. The van der Waals surface area contributed by atoms with E-state index in [0.717, 1.165) is 64.2 Å². The molecule has 0 aromatic heterocycles. The number of nitriles is 1. The van der Waals surface area contributed by atoms with Crippen LogP contribution in [0.3, 0.4) is 0 Å². The SMILES string of the molecule is [C-]#[N+]C(C#N)=C1Sc2c(OC(=O)C3CCC(c4ccc(CC)cc4)CC3)ccc(OC(=O)C3CCC(c4ccc(CC)cc4)CC3)c2S1. The number of ether oxygens (including phenoxy) is 2. The van der Waals surface area contributed by atoms with Crippen molar-refractivity contribution in [1.82, 2.24) is 0 Å². The molecule has 2 fully saturated rings. The zero-order chi connectivity index (χ0) is 33.6. The Morgan fingerprint density at radius 2 is 1.10 bits per heavy atom. The van der Waals surface area contributed by atoms with Crippen LogP contribution < -0.4 is 9.47 Å². The maximum absolute atomic E-state index is 13.4. The minimum Gasteiger partial charge on any atom is -0.425 e. The van der Waals surface area contributed by atoms with Crippen LogP contribution in [0.2, 0.25) is 0 Å². The van der Waals surface area contributed by atoms with E-state index in [1.807, 2.05) is 6.07 Å². The van der Waals surface area contributed by atoms with Crippen LogP contribution in [0.1, 0.15) is 99.3 Å². The third kappa shape index (κ3) is 7.51. The van der Waals surface area contributed by atoms with Crippen LogP contribution in [0, 0.1) is 29.7 Å². The van der Waals surface area contributed by atoms with E-state index in [-0.39, 0.29) is 29.5 Å². The molecule has 3 aliphatic rings. The van der Waals surface area contributed by atoms with E-state index >= 15 is 0 Å². The lowest BCUT2D eigenvalue weighted by Crippen LogP contribution is -2.26. The average molecular weight is 677 g/mol. The number of aryl methyl sites for hydroxylation is 2. The first kappa shape index (κ1) is 33.9. The Hall–Kier alpha value is -3.98. The van der Waals surface area contributed by atoms with E-state index in [1.165, 1.54) is 45.8 Å². The highest BCUT2D eigenvalue weighted by Gasteiger charge is 2.34. The second-order valence-electron chi connectivity index (χ2n) is 12.9. The molecule has 0 saturated heterocycles. The fraction of sp³-hybridized carbons (Fsp3) is 0.400. The van der Waals surface area contributed by atoms with E-state index in [1.54, 1.807) is 12.1 Å². The summed E-state index contributed by atoms with van der Waals surface area (Å²) in [6.45, 7) is 11.8. The van der Waals surface area contributed by atoms with Crippen LogP contribution in [0.15, 0.2) is 80.4 Å². The van der Waals surface area contributed by atoms with Gasteiger partial charge in [0.05, 0.1) is 38.5 Å². The van der Waals surface area contributed by atoms with Crippen molar-refractivity contribution in [3.05, 3.63) is 104 Å². The molecule has 246 valence electrons. The molecule has 8 heteroatoms. The summed E-state index contributed by atoms with van der Waals surface area (Å²) < 4.78 is 12.5. The molecule has 6 rings (SSSR count). The van der Waals surface area contributed by atoms with Gasteiger partial charge in [-0.15, -0.1) is 0 Å². The van der Waals surface area contributed by atoms with Crippen molar-refractivity contribution < 1.29 is 19.1 Å². The van der Waals surface area contributed by atoms with Crippen LogP contribution in [-0.4, -0.2) is 11.9 Å². The summed E-state index contributed by atoms with van der Waals surface area (Å²) in [6.07, 6.45) is 8.78. The van der Waals surface area contributed by atoms with Crippen molar-refractivity contribution in [3.8, 4) is 17.6 Å². The predicted octanol–water partition coefficient (Wildman–Crippen LogP) is 10.4. The highest BCUT2D eigenvalue weighted by molar-refractivity contribution is 8.24. The lowest BCUT2D eigenvalue weighted by atomic mass is 9.78. The maximum atomic E-state index is 13.4. The van der Waals surface area contributed by atoms with E-state index in [0.29, 0.717) is 37.4 Å². The molecule has 0 unspecified atom stereocenters. The number of rotatable bonds is 8. The number of allylic oxidation sites excluding steroid dienone is 1. The molecule has 0 radical (unpaired) electrons. The number of hydrogen-bond acceptors (Lipinski definition) is 7. The van der Waals surface area contributed by atoms with Crippen LogP contribution in [-0.2, 0) is 22.4 Å². The van der Waals surface area contributed by atoms with Gasteiger partial charge in [-0.1, -0.05) is 85.9 Å². The number of hydrogen-bond donors (Lipinski definition) is 0. The third-order valence-electron chi connectivity index (χ3n) is 10.1. The summed E-state index contributed by atoms with van der Waals surface area (Å²) in [5.74, 6) is 0.699. The highest BCUT2D eigenvalue weighted by atomic mass is 32.2. The summed E-state index contributed by atoms with van der Waals surface area (Å²) in [5, 5.41) is 9.58. The van der Waals surface area contributed by atoms with E-state index in [2.05, 4.69) is 67.2 Å². The third-order valence-corrected chi connectivity index (χ3v) is 12.7. The number of fused-ring (bicyclic) bond motifs is 1. The summed E-state index contributed by atoms with van der Waals surface area (Å²) in [5.41, 5.74) is 5.28. The van der Waals surface area contributed by atoms with Crippen LogP contribution in [0.4, 0.5) is 0 Å². The van der Waals surface area contributed by atoms with Gasteiger partial charge in [-0.05, 0) is 110 Å². The topological polar surface area (TPSA) is 80.8 Å². The number of benzene rings is 3. The molecule has 6 nitrogen and oxygen atoms in total. The normalized spacial score (nSPS) is 21.8. The Labute approximate surface area is 292 Å². The summed E-state index contributed by atoms with van der Waals surface area (Å²) in [7, 11) is 0. The molecular formula is C40H40N2O4S2. The Morgan fingerprint density at radius 3 is 1.44 bits per heavy atom. The first-order valence-corrected chi connectivity index (χ1v) is 18.7. The second-order valence-corrected chi connectivity index (χ2v) is 15.2. The van der Waals surface area contributed by atoms with E-state index < -0.39 is 0 Å². The molecule has 0 bridgehead atoms. The fourth-order valence-corrected chi connectivity index (χ4v) is 9.53. The van der Waals surface area contributed by atoms with Crippen molar-refractivity contribution in [2.75, 3.05) is 0 Å². The average Bonchev–Trinajstić information content (AvgIpc) is 3.59. The summed E-state index contributed by atoms with van der Waals surface area (Å²) >= 11 is 2.45. The van der Waals surface area contributed by atoms with E-state index in [4.69, 9.17) is 16.0 Å². The molecule has 2 saturated carbocycles.